The first-order valence-corrected chi connectivity index (χ1v) is 12.5. The molecule has 2 aromatic heterocycles. The number of rotatable bonds is 6. The highest BCUT2D eigenvalue weighted by molar-refractivity contribution is 7.92. The number of thiazole rings is 1. The molecular formula is C24H17FN4O3S2. The third-order valence-corrected chi connectivity index (χ3v) is 7.23. The zero-order valence-corrected chi connectivity index (χ0v) is 19.1. The number of para-hydroxylation sites is 1. The average Bonchev–Trinajstić information content (AvgIpc) is 3.44. The molecule has 10 heteroatoms. The number of carbonyl (C=O) groups is 1. The molecule has 0 atom stereocenters. The summed E-state index contributed by atoms with van der Waals surface area (Å²) >= 11 is 1.55. The minimum Gasteiger partial charge on any atom is -0.322 e. The Morgan fingerprint density at radius 2 is 1.71 bits per heavy atom. The summed E-state index contributed by atoms with van der Waals surface area (Å²) in [6, 6.07) is 18.2. The second kappa shape index (κ2) is 8.73. The zero-order valence-electron chi connectivity index (χ0n) is 17.5. The largest absolute Gasteiger partial charge is 0.322 e. The molecule has 5 aromatic rings. The molecule has 170 valence electrons. The molecule has 0 aliphatic heterocycles. The lowest BCUT2D eigenvalue weighted by Crippen LogP contribution is -2.15. The van der Waals surface area contributed by atoms with Crippen LogP contribution < -0.4 is 10.0 Å². The van der Waals surface area contributed by atoms with Gasteiger partial charge in [0.1, 0.15) is 5.82 Å². The highest BCUT2D eigenvalue weighted by Crippen LogP contribution is 2.24. The molecule has 0 bridgehead atoms. The van der Waals surface area contributed by atoms with Gasteiger partial charge in [0.05, 0.1) is 16.3 Å². The minimum atomic E-state index is -4.00. The van der Waals surface area contributed by atoms with Crippen LogP contribution in [0, 0.1) is 5.82 Å². The number of hydrogen-bond donors (Lipinski definition) is 2. The van der Waals surface area contributed by atoms with Crippen LogP contribution in [0.1, 0.15) is 10.4 Å². The number of nitrogens with zero attached hydrogens (tertiary/aromatic N) is 2. The van der Waals surface area contributed by atoms with Crippen LogP contribution in [0.2, 0.25) is 0 Å². The molecule has 0 radical (unpaired) electrons. The maximum Gasteiger partial charge on any atom is 0.261 e. The van der Waals surface area contributed by atoms with Crippen LogP contribution in [0.3, 0.4) is 0 Å². The molecule has 0 fully saturated rings. The molecule has 2 heterocycles. The fourth-order valence-electron chi connectivity index (χ4n) is 3.33. The first-order chi connectivity index (χ1) is 16.4. The van der Waals surface area contributed by atoms with Gasteiger partial charge in [-0.3, -0.25) is 13.9 Å². The molecule has 0 unspecified atom stereocenters. The van der Waals surface area contributed by atoms with Gasteiger partial charge in [-0.05, 0) is 48.5 Å². The van der Waals surface area contributed by atoms with Crippen molar-refractivity contribution in [1.82, 2.24) is 9.38 Å². The van der Waals surface area contributed by atoms with E-state index in [1.165, 1.54) is 42.5 Å². The molecule has 7 nitrogen and oxygen atoms in total. The molecule has 5 rings (SSSR count). The quantitative estimate of drug-likeness (QED) is 0.338. The topological polar surface area (TPSA) is 92.6 Å². The van der Waals surface area contributed by atoms with Crippen molar-refractivity contribution in [3.05, 3.63) is 102 Å². The monoisotopic (exact) mass is 492 g/mol. The van der Waals surface area contributed by atoms with Crippen LogP contribution in [0.4, 0.5) is 15.8 Å². The van der Waals surface area contributed by atoms with E-state index in [2.05, 4.69) is 15.0 Å². The van der Waals surface area contributed by atoms with Gasteiger partial charge in [-0.15, -0.1) is 11.3 Å². The van der Waals surface area contributed by atoms with E-state index in [1.54, 1.807) is 23.5 Å². The normalized spacial score (nSPS) is 11.4. The van der Waals surface area contributed by atoms with E-state index in [-0.39, 0.29) is 22.1 Å². The number of amides is 1. The zero-order chi connectivity index (χ0) is 23.7. The third kappa shape index (κ3) is 4.41. The van der Waals surface area contributed by atoms with Crippen LogP contribution in [-0.2, 0) is 10.0 Å². The second-order valence-electron chi connectivity index (χ2n) is 7.36. The highest BCUT2D eigenvalue weighted by atomic mass is 32.2. The SMILES string of the molecule is O=C(Nc1ccc(-c2cn3ccsc3n2)cc1)c1ccc(S(=O)(=O)Nc2ccccc2F)cc1. The Hall–Kier alpha value is -4.02. The van der Waals surface area contributed by atoms with Crippen molar-refractivity contribution in [3.8, 4) is 11.3 Å². The van der Waals surface area contributed by atoms with E-state index in [9.17, 15) is 17.6 Å². The van der Waals surface area contributed by atoms with Crippen molar-refractivity contribution in [2.24, 2.45) is 0 Å². The molecule has 0 aliphatic rings. The summed E-state index contributed by atoms with van der Waals surface area (Å²) in [6.45, 7) is 0. The first-order valence-electron chi connectivity index (χ1n) is 10.1. The molecular weight excluding hydrogens is 475 g/mol. The van der Waals surface area contributed by atoms with Crippen LogP contribution in [0.25, 0.3) is 16.2 Å². The number of anilines is 2. The van der Waals surface area contributed by atoms with Crippen molar-refractivity contribution < 1.29 is 17.6 Å². The van der Waals surface area contributed by atoms with Crippen molar-refractivity contribution in [2.45, 2.75) is 4.90 Å². The maximum absolute atomic E-state index is 13.8. The Labute approximate surface area is 198 Å². The number of halogens is 1. The minimum absolute atomic E-state index is 0.0865. The molecule has 34 heavy (non-hydrogen) atoms. The summed E-state index contributed by atoms with van der Waals surface area (Å²) < 4.78 is 43.0. The fraction of sp³-hybridized carbons (Fsp3) is 0. The summed E-state index contributed by atoms with van der Waals surface area (Å²) in [6.07, 6.45) is 3.88. The Morgan fingerprint density at radius 1 is 0.971 bits per heavy atom. The Bertz CT molecular complexity index is 1560. The van der Waals surface area contributed by atoms with Gasteiger partial charge in [-0.1, -0.05) is 24.3 Å². The molecule has 0 aliphatic carbocycles. The molecule has 0 saturated carbocycles. The average molecular weight is 493 g/mol. The van der Waals surface area contributed by atoms with Gasteiger partial charge >= 0.3 is 0 Å². The molecule has 2 N–H and O–H groups in total. The van der Waals surface area contributed by atoms with E-state index in [0.717, 1.165) is 22.3 Å². The van der Waals surface area contributed by atoms with Gasteiger partial charge in [-0.25, -0.2) is 17.8 Å². The van der Waals surface area contributed by atoms with Crippen LogP contribution >= 0.6 is 11.3 Å². The van der Waals surface area contributed by atoms with Gasteiger partial charge in [0, 0.05) is 34.6 Å². The number of fused-ring (bicyclic) bond motifs is 1. The second-order valence-corrected chi connectivity index (χ2v) is 9.92. The fourth-order valence-corrected chi connectivity index (χ4v) is 5.09. The predicted octanol–water partition coefficient (Wildman–Crippen LogP) is 5.26. The highest BCUT2D eigenvalue weighted by Gasteiger charge is 2.17. The Balaban J connectivity index is 1.27. The van der Waals surface area contributed by atoms with E-state index in [0.29, 0.717) is 5.69 Å². The summed E-state index contributed by atoms with van der Waals surface area (Å²) in [5.41, 5.74) is 2.48. The standard InChI is InChI=1S/C24H17FN4O3S2/c25-20-3-1-2-4-21(20)28-34(31,32)19-11-7-17(8-12-19)23(30)26-18-9-5-16(6-10-18)22-15-29-13-14-33-24(29)27-22/h1-15,28H,(H,26,30). The lowest BCUT2D eigenvalue weighted by Gasteiger charge is -2.10. The van der Waals surface area contributed by atoms with Gasteiger partial charge in [0.15, 0.2) is 4.96 Å². The first kappa shape index (κ1) is 21.8. The number of carbonyl (C=O) groups excluding carboxylic acids is 1. The van der Waals surface area contributed by atoms with Crippen molar-refractivity contribution in [3.63, 3.8) is 0 Å². The summed E-state index contributed by atoms with van der Waals surface area (Å²) in [5, 5.41) is 4.75. The number of hydrogen-bond acceptors (Lipinski definition) is 5. The Morgan fingerprint density at radius 3 is 2.41 bits per heavy atom. The predicted molar refractivity (Wildman–Crippen MR) is 130 cm³/mol. The Kier molecular flexibility index (Phi) is 5.60. The van der Waals surface area contributed by atoms with Gasteiger partial charge in [0.25, 0.3) is 15.9 Å². The summed E-state index contributed by atoms with van der Waals surface area (Å²) in [5.74, 6) is -1.07. The van der Waals surface area contributed by atoms with Gasteiger partial charge in [-0.2, -0.15) is 0 Å². The molecule has 1 amide bonds. The van der Waals surface area contributed by atoms with E-state index in [4.69, 9.17) is 0 Å². The van der Waals surface area contributed by atoms with E-state index in [1.807, 2.05) is 34.3 Å². The van der Waals surface area contributed by atoms with Crippen molar-refractivity contribution >= 4 is 43.6 Å². The smallest absolute Gasteiger partial charge is 0.261 e. The van der Waals surface area contributed by atoms with Gasteiger partial charge < -0.3 is 5.32 Å². The van der Waals surface area contributed by atoms with Crippen LogP contribution in [0.5, 0.6) is 0 Å². The van der Waals surface area contributed by atoms with Crippen LogP contribution in [0.15, 0.2) is 95.5 Å². The lowest BCUT2D eigenvalue weighted by molar-refractivity contribution is 0.102. The molecule has 0 saturated heterocycles. The third-order valence-electron chi connectivity index (χ3n) is 5.08. The lowest BCUT2D eigenvalue weighted by atomic mass is 10.1. The number of imidazole rings is 1. The summed E-state index contributed by atoms with van der Waals surface area (Å²) in [7, 11) is -4.00. The van der Waals surface area contributed by atoms with E-state index >= 15 is 0 Å². The number of aromatic nitrogens is 2. The maximum atomic E-state index is 13.8. The molecule has 3 aromatic carbocycles. The number of sulfonamides is 1. The summed E-state index contributed by atoms with van der Waals surface area (Å²) in [4.78, 5) is 18.0. The van der Waals surface area contributed by atoms with Crippen LogP contribution in [-0.4, -0.2) is 23.7 Å². The van der Waals surface area contributed by atoms with E-state index < -0.39 is 15.8 Å². The van der Waals surface area contributed by atoms with Crippen molar-refractivity contribution in [2.75, 3.05) is 10.0 Å². The number of nitrogens with one attached hydrogen (secondary N) is 2. The number of benzene rings is 3. The molecule has 0 spiro atoms. The van der Waals surface area contributed by atoms with Gasteiger partial charge in [0.2, 0.25) is 0 Å². The van der Waals surface area contributed by atoms with Crippen molar-refractivity contribution in [1.29, 1.82) is 0 Å².